The Labute approximate surface area is 143 Å². The Morgan fingerprint density at radius 2 is 1.92 bits per heavy atom. The molecule has 0 fully saturated rings. The fourth-order valence-electron chi connectivity index (χ4n) is 3.03. The zero-order valence-corrected chi connectivity index (χ0v) is 14.1. The predicted molar refractivity (Wildman–Crippen MR) is 96.5 cm³/mol. The Hall–Kier alpha value is -2.49. The van der Waals surface area contributed by atoms with Gasteiger partial charge in [-0.1, -0.05) is 36.4 Å². The molecule has 0 aliphatic carbocycles. The zero-order valence-electron chi connectivity index (χ0n) is 14.1. The average Bonchev–Trinajstić information content (AvgIpc) is 3.06. The SMILES string of the molecule is CCN(CCCNC(=O)[C@@H]1Cc2ccccc2O1)c1ccccc1. The van der Waals surface area contributed by atoms with Crippen molar-refractivity contribution in [1.82, 2.24) is 5.32 Å². The van der Waals surface area contributed by atoms with Gasteiger partial charge in [-0.15, -0.1) is 0 Å². The number of para-hydroxylation sites is 2. The number of hydrogen-bond donors (Lipinski definition) is 1. The lowest BCUT2D eigenvalue weighted by Crippen LogP contribution is -2.38. The molecule has 1 amide bonds. The minimum absolute atomic E-state index is 0.0195. The summed E-state index contributed by atoms with van der Waals surface area (Å²) in [5, 5.41) is 3.00. The van der Waals surface area contributed by atoms with E-state index in [2.05, 4.69) is 41.4 Å². The number of carbonyl (C=O) groups excluding carboxylic acids is 1. The Kier molecular flexibility index (Phi) is 5.36. The highest BCUT2D eigenvalue weighted by atomic mass is 16.5. The number of benzene rings is 2. The van der Waals surface area contributed by atoms with E-state index in [-0.39, 0.29) is 12.0 Å². The van der Waals surface area contributed by atoms with Crippen molar-refractivity contribution in [2.75, 3.05) is 24.5 Å². The van der Waals surface area contributed by atoms with Crippen molar-refractivity contribution in [1.29, 1.82) is 0 Å². The van der Waals surface area contributed by atoms with Crippen molar-refractivity contribution >= 4 is 11.6 Å². The first-order chi connectivity index (χ1) is 11.8. The molecule has 0 radical (unpaired) electrons. The number of rotatable bonds is 7. The van der Waals surface area contributed by atoms with E-state index in [9.17, 15) is 4.79 Å². The molecule has 0 spiro atoms. The van der Waals surface area contributed by atoms with Gasteiger partial charge >= 0.3 is 0 Å². The molecule has 4 nitrogen and oxygen atoms in total. The van der Waals surface area contributed by atoms with Crippen molar-refractivity contribution in [3.05, 3.63) is 60.2 Å². The van der Waals surface area contributed by atoms with Crippen molar-refractivity contribution in [2.24, 2.45) is 0 Å². The normalized spacial score (nSPS) is 15.5. The summed E-state index contributed by atoms with van der Waals surface area (Å²) in [6, 6.07) is 18.2. The summed E-state index contributed by atoms with van der Waals surface area (Å²) in [6.07, 6.45) is 1.18. The second-order valence-electron chi connectivity index (χ2n) is 5.98. The summed E-state index contributed by atoms with van der Waals surface area (Å²) in [5.41, 5.74) is 2.33. The van der Waals surface area contributed by atoms with Gasteiger partial charge in [0.2, 0.25) is 0 Å². The van der Waals surface area contributed by atoms with Crippen LogP contribution in [0.25, 0.3) is 0 Å². The second kappa shape index (κ2) is 7.86. The maximum Gasteiger partial charge on any atom is 0.261 e. The molecule has 0 saturated carbocycles. The van der Waals surface area contributed by atoms with Crippen LogP contribution in [0.4, 0.5) is 5.69 Å². The third-order valence-electron chi connectivity index (χ3n) is 4.35. The molecule has 0 unspecified atom stereocenters. The zero-order chi connectivity index (χ0) is 16.8. The molecule has 1 atom stereocenters. The fraction of sp³-hybridized carbons (Fsp3) is 0.350. The summed E-state index contributed by atoms with van der Waals surface area (Å²) >= 11 is 0. The van der Waals surface area contributed by atoms with Gasteiger partial charge in [-0.2, -0.15) is 0 Å². The fourth-order valence-corrected chi connectivity index (χ4v) is 3.03. The number of anilines is 1. The Balaban J connectivity index is 1.41. The number of fused-ring (bicyclic) bond motifs is 1. The molecule has 1 N–H and O–H groups in total. The molecule has 0 saturated heterocycles. The number of hydrogen-bond acceptors (Lipinski definition) is 3. The number of nitrogens with one attached hydrogen (secondary N) is 1. The molecule has 24 heavy (non-hydrogen) atoms. The summed E-state index contributed by atoms with van der Waals surface area (Å²) in [6.45, 7) is 4.69. The molecule has 0 bridgehead atoms. The van der Waals surface area contributed by atoms with E-state index in [1.54, 1.807) is 0 Å². The molecule has 4 heteroatoms. The topological polar surface area (TPSA) is 41.6 Å². The van der Waals surface area contributed by atoms with Gasteiger partial charge in [0.1, 0.15) is 5.75 Å². The van der Waals surface area contributed by atoms with E-state index in [0.717, 1.165) is 30.8 Å². The third-order valence-corrected chi connectivity index (χ3v) is 4.35. The third kappa shape index (κ3) is 3.88. The second-order valence-corrected chi connectivity index (χ2v) is 5.98. The molecule has 3 rings (SSSR count). The van der Waals surface area contributed by atoms with Crippen LogP contribution in [0.3, 0.4) is 0 Å². The monoisotopic (exact) mass is 324 g/mol. The maximum atomic E-state index is 12.2. The van der Waals surface area contributed by atoms with Gasteiger partial charge in [-0.05, 0) is 37.1 Å². The Morgan fingerprint density at radius 3 is 2.67 bits per heavy atom. The van der Waals surface area contributed by atoms with Crippen LogP contribution >= 0.6 is 0 Å². The molecular formula is C20H24N2O2. The van der Waals surface area contributed by atoms with Gasteiger partial charge in [-0.25, -0.2) is 0 Å². The van der Waals surface area contributed by atoms with Crippen LogP contribution in [0.15, 0.2) is 54.6 Å². The number of ether oxygens (including phenoxy) is 1. The van der Waals surface area contributed by atoms with Gasteiger partial charge in [0.25, 0.3) is 5.91 Å². The van der Waals surface area contributed by atoms with Crippen LogP contribution in [-0.2, 0) is 11.2 Å². The van der Waals surface area contributed by atoms with E-state index in [0.29, 0.717) is 13.0 Å². The molecular weight excluding hydrogens is 300 g/mol. The first-order valence-corrected chi connectivity index (χ1v) is 8.60. The van der Waals surface area contributed by atoms with Gasteiger partial charge < -0.3 is 15.0 Å². The molecule has 0 aromatic heterocycles. The van der Waals surface area contributed by atoms with Crippen LogP contribution in [0, 0.1) is 0 Å². The molecule has 1 aliphatic rings. The maximum absolute atomic E-state index is 12.2. The van der Waals surface area contributed by atoms with E-state index < -0.39 is 0 Å². The van der Waals surface area contributed by atoms with Gasteiger partial charge in [0, 0.05) is 31.7 Å². The van der Waals surface area contributed by atoms with E-state index >= 15 is 0 Å². The molecule has 1 aliphatic heterocycles. The van der Waals surface area contributed by atoms with Gasteiger partial charge in [-0.3, -0.25) is 4.79 Å². The quantitative estimate of drug-likeness (QED) is 0.796. The first kappa shape index (κ1) is 16.4. The van der Waals surface area contributed by atoms with Crippen LogP contribution in [-0.4, -0.2) is 31.6 Å². The van der Waals surface area contributed by atoms with Crippen LogP contribution in [0.5, 0.6) is 5.75 Å². The number of amides is 1. The van der Waals surface area contributed by atoms with Crippen molar-refractivity contribution in [3.8, 4) is 5.75 Å². The van der Waals surface area contributed by atoms with Crippen LogP contribution < -0.4 is 15.0 Å². The Morgan fingerprint density at radius 1 is 1.17 bits per heavy atom. The molecule has 2 aromatic rings. The lowest BCUT2D eigenvalue weighted by molar-refractivity contribution is -0.127. The smallest absolute Gasteiger partial charge is 0.261 e. The number of nitrogens with zero attached hydrogens (tertiary/aromatic N) is 1. The lowest BCUT2D eigenvalue weighted by atomic mass is 10.1. The van der Waals surface area contributed by atoms with Crippen molar-refractivity contribution in [2.45, 2.75) is 25.9 Å². The summed E-state index contributed by atoms with van der Waals surface area (Å²) in [5.74, 6) is 0.813. The van der Waals surface area contributed by atoms with E-state index in [1.807, 2.05) is 30.3 Å². The minimum atomic E-state index is -0.390. The van der Waals surface area contributed by atoms with Crippen LogP contribution in [0.2, 0.25) is 0 Å². The van der Waals surface area contributed by atoms with Gasteiger partial charge in [0.15, 0.2) is 6.10 Å². The van der Waals surface area contributed by atoms with E-state index in [4.69, 9.17) is 4.74 Å². The lowest BCUT2D eigenvalue weighted by Gasteiger charge is -2.23. The summed E-state index contributed by atoms with van der Waals surface area (Å²) in [4.78, 5) is 14.6. The minimum Gasteiger partial charge on any atom is -0.480 e. The highest BCUT2D eigenvalue weighted by molar-refractivity contribution is 5.82. The highest BCUT2D eigenvalue weighted by Crippen LogP contribution is 2.28. The van der Waals surface area contributed by atoms with Crippen molar-refractivity contribution < 1.29 is 9.53 Å². The van der Waals surface area contributed by atoms with Gasteiger partial charge in [0.05, 0.1) is 0 Å². The average molecular weight is 324 g/mol. The standard InChI is InChI=1S/C20H24N2O2/c1-2-22(17-10-4-3-5-11-17)14-8-13-21-20(23)19-15-16-9-6-7-12-18(16)24-19/h3-7,9-12,19H,2,8,13-15H2,1H3,(H,21,23)/t19-/m0/s1. The van der Waals surface area contributed by atoms with Crippen molar-refractivity contribution in [3.63, 3.8) is 0 Å². The first-order valence-electron chi connectivity index (χ1n) is 8.60. The van der Waals surface area contributed by atoms with Crippen LogP contribution in [0.1, 0.15) is 18.9 Å². The summed E-state index contributed by atoms with van der Waals surface area (Å²) < 4.78 is 5.71. The molecule has 2 aromatic carbocycles. The predicted octanol–water partition coefficient (Wildman–Crippen LogP) is 3.02. The Bertz CT molecular complexity index is 647. The highest BCUT2D eigenvalue weighted by Gasteiger charge is 2.28. The molecule has 126 valence electrons. The van der Waals surface area contributed by atoms with E-state index in [1.165, 1.54) is 5.69 Å². The summed E-state index contributed by atoms with van der Waals surface area (Å²) in [7, 11) is 0. The number of carbonyl (C=O) groups is 1. The molecule has 1 heterocycles. The largest absolute Gasteiger partial charge is 0.480 e.